The van der Waals surface area contributed by atoms with Crippen LogP contribution in [0.25, 0.3) is 11.4 Å². The molecule has 4 rings (SSSR count). The summed E-state index contributed by atoms with van der Waals surface area (Å²) in [7, 11) is 1.52. The van der Waals surface area contributed by atoms with Crippen molar-refractivity contribution in [2.24, 2.45) is 7.05 Å². The Morgan fingerprint density at radius 2 is 1.89 bits per heavy atom. The van der Waals surface area contributed by atoms with Crippen LogP contribution in [0.3, 0.4) is 0 Å². The molecule has 1 aliphatic rings. The Morgan fingerprint density at radius 3 is 2.46 bits per heavy atom. The lowest BCUT2D eigenvalue weighted by Gasteiger charge is -2.21. The molecule has 1 aliphatic carbocycles. The van der Waals surface area contributed by atoms with Gasteiger partial charge in [-0.15, -0.1) is 0 Å². The molecule has 28 heavy (non-hydrogen) atoms. The van der Waals surface area contributed by atoms with Crippen molar-refractivity contribution in [1.29, 1.82) is 5.26 Å². The molecule has 0 N–H and O–H groups in total. The average Bonchev–Trinajstić information content (AvgIpc) is 3.24. The van der Waals surface area contributed by atoms with Gasteiger partial charge in [0.25, 0.3) is 0 Å². The number of fused-ring (bicyclic) bond motifs is 1. The lowest BCUT2D eigenvalue weighted by atomic mass is 9.79. The van der Waals surface area contributed by atoms with Crippen molar-refractivity contribution in [1.82, 2.24) is 14.5 Å². The number of alkyl halides is 3. The van der Waals surface area contributed by atoms with Crippen molar-refractivity contribution in [2.75, 3.05) is 0 Å². The van der Waals surface area contributed by atoms with Crippen molar-refractivity contribution >= 4 is 11.6 Å². The second-order valence-corrected chi connectivity index (χ2v) is 7.28. The van der Waals surface area contributed by atoms with Gasteiger partial charge < -0.3 is 4.57 Å². The zero-order valence-corrected chi connectivity index (χ0v) is 15.5. The number of pyridine rings is 1. The number of halogens is 4. The van der Waals surface area contributed by atoms with Gasteiger partial charge in [0.05, 0.1) is 11.5 Å². The van der Waals surface area contributed by atoms with Crippen LogP contribution >= 0.6 is 11.6 Å². The molecule has 3 aromatic rings. The summed E-state index contributed by atoms with van der Waals surface area (Å²) >= 11 is 6.18. The van der Waals surface area contributed by atoms with Crippen LogP contribution in [0.15, 0.2) is 42.7 Å². The minimum Gasteiger partial charge on any atom is -0.333 e. The fourth-order valence-electron chi connectivity index (χ4n) is 3.70. The number of nitrogens with zero attached hydrogens (tertiary/aromatic N) is 4. The maximum atomic E-state index is 12.9. The Kier molecular flexibility index (Phi) is 4.20. The smallest absolute Gasteiger partial charge is 0.333 e. The maximum Gasteiger partial charge on any atom is 0.434 e. The third-order valence-corrected chi connectivity index (χ3v) is 5.47. The molecule has 4 nitrogen and oxygen atoms in total. The maximum absolute atomic E-state index is 12.9. The fourth-order valence-corrected chi connectivity index (χ4v) is 3.95. The highest BCUT2D eigenvalue weighted by Crippen LogP contribution is 2.42. The normalized spacial score (nSPS) is 18.7. The predicted octanol–water partition coefficient (Wildman–Crippen LogP) is 4.71. The van der Waals surface area contributed by atoms with Gasteiger partial charge in [-0.2, -0.15) is 18.4 Å². The molecule has 0 bridgehead atoms. The molecule has 0 spiro atoms. The van der Waals surface area contributed by atoms with Crippen LogP contribution in [0.2, 0.25) is 5.15 Å². The van der Waals surface area contributed by atoms with Crippen molar-refractivity contribution in [3.05, 3.63) is 70.3 Å². The molecule has 142 valence electrons. The quantitative estimate of drug-likeness (QED) is 0.583. The standard InChI is InChI=1S/C20H14ClF3N4/c1-28-10-16(20(22,23)24)27-18(28)12-2-4-14(5-3-12)19(11-25)8-13-6-7-26-17(21)15(13)9-19/h2-7,10H,8-9H2,1H3. The summed E-state index contributed by atoms with van der Waals surface area (Å²) in [6, 6.07) is 11.2. The van der Waals surface area contributed by atoms with Crippen molar-refractivity contribution in [3.63, 3.8) is 0 Å². The summed E-state index contributed by atoms with van der Waals surface area (Å²) in [5.74, 6) is 0.215. The Hall–Kier alpha value is -2.85. The summed E-state index contributed by atoms with van der Waals surface area (Å²) in [6.45, 7) is 0. The second-order valence-electron chi connectivity index (χ2n) is 6.92. The molecule has 0 saturated heterocycles. The Labute approximate surface area is 164 Å². The summed E-state index contributed by atoms with van der Waals surface area (Å²) in [4.78, 5) is 7.79. The van der Waals surface area contributed by atoms with E-state index >= 15 is 0 Å². The summed E-state index contributed by atoms with van der Waals surface area (Å²) in [5.41, 5.74) is 1.49. The van der Waals surface area contributed by atoms with Crippen LogP contribution in [-0.2, 0) is 31.5 Å². The minimum atomic E-state index is -4.50. The Balaban J connectivity index is 1.69. The first-order chi connectivity index (χ1) is 13.2. The van der Waals surface area contributed by atoms with E-state index in [0.717, 1.165) is 22.9 Å². The molecule has 0 radical (unpaired) electrons. The number of hydrogen-bond donors (Lipinski definition) is 0. The van der Waals surface area contributed by atoms with E-state index in [-0.39, 0.29) is 5.82 Å². The number of rotatable bonds is 2. The highest BCUT2D eigenvalue weighted by Gasteiger charge is 2.40. The number of hydrogen-bond acceptors (Lipinski definition) is 3. The topological polar surface area (TPSA) is 54.5 Å². The Morgan fingerprint density at radius 1 is 1.18 bits per heavy atom. The minimum absolute atomic E-state index is 0.215. The molecule has 2 heterocycles. The van der Waals surface area contributed by atoms with Gasteiger partial charge in [-0.3, -0.25) is 0 Å². The van der Waals surface area contributed by atoms with Gasteiger partial charge in [0.15, 0.2) is 5.69 Å². The van der Waals surface area contributed by atoms with E-state index < -0.39 is 17.3 Å². The van der Waals surface area contributed by atoms with E-state index in [1.165, 1.54) is 11.6 Å². The fraction of sp³-hybridized carbons (Fsp3) is 0.250. The SMILES string of the molecule is Cn1cc(C(F)(F)F)nc1-c1ccc(C2(C#N)Cc3ccnc(Cl)c3C2)cc1. The molecule has 2 aromatic heterocycles. The van der Waals surface area contributed by atoms with Gasteiger partial charge in [0.2, 0.25) is 0 Å². The third-order valence-electron chi connectivity index (χ3n) is 5.15. The van der Waals surface area contributed by atoms with Gasteiger partial charge in [-0.1, -0.05) is 35.9 Å². The first-order valence-electron chi connectivity index (χ1n) is 8.48. The summed E-state index contributed by atoms with van der Waals surface area (Å²) in [6.07, 6.45) is -0.948. The van der Waals surface area contributed by atoms with E-state index in [2.05, 4.69) is 16.0 Å². The molecular formula is C20H14ClF3N4. The molecule has 0 fully saturated rings. The molecule has 1 atom stereocenters. The van der Waals surface area contributed by atoms with E-state index in [9.17, 15) is 18.4 Å². The number of aryl methyl sites for hydroxylation is 1. The highest BCUT2D eigenvalue weighted by atomic mass is 35.5. The molecule has 0 amide bonds. The van der Waals surface area contributed by atoms with E-state index in [4.69, 9.17) is 11.6 Å². The van der Waals surface area contributed by atoms with Crippen molar-refractivity contribution in [2.45, 2.75) is 24.4 Å². The Bertz CT molecular complexity index is 1100. The van der Waals surface area contributed by atoms with Crippen molar-refractivity contribution < 1.29 is 13.2 Å². The van der Waals surface area contributed by atoms with Crippen LogP contribution in [-0.4, -0.2) is 14.5 Å². The third kappa shape index (κ3) is 2.94. The van der Waals surface area contributed by atoms with E-state index in [0.29, 0.717) is 23.6 Å². The average molecular weight is 403 g/mol. The van der Waals surface area contributed by atoms with E-state index in [1.54, 1.807) is 30.5 Å². The summed E-state index contributed by atoms with van der Waals surface area (Å²) in [5, 5.41) is 10.3. The monoisotopic (exact) mass is 402 g/mol. The summed E-state index contributed by atoms with van der Waals surface area (Å²) < 4.78 is 40.0. The van der Waals surface area contributed by atoms with Gasteiger partial charge in [-0.25, -0.2) is 9.97 Å². The first kappa shape index (κ1) is 18.5. The van der Waals surface area contributed by atoms with Crippen LogP contribution in [0.1, 0.15) is 22.4 Å². The molecule has 0 saturated carbocycles. The molecule has 8 heteroatoms. The van der Waals surface area contributed by atoms with Crippen LogP contribution < -0.4 is 0 Å². The van der Waals surface area contributed by atoms with Crippen LogP contribution in [0.5, 0.6) is 0 Å². The van der Waals surface area contributed by atoms with Gasteiger partial charge in [0.1, 0.15) is 11.0 Å². The molecule has 1 aromatic carbocycles. The van der Waals surface area contributed by atoms with Crippen LogP contribution in [0, 0.1) is 11.3 Å². The molecular weight excluding hydrogens is 389 g/mol. The zero-order chi connectivity index (χ0) is 20.1. The van der Waals surface area contributed by atoms with Gasteiger partial charge in [-0.05, 0) is 35.6 Å². The lowest BCUT2D eigenvalue weighted by molar-refractivity contribution is -0.140. The van der Waals surface area contributed by atoms with Crippen LogP contribution in [0.4, 0.5) is 13.2 Å². The van der Waals surface area contributed by atoms with Crippen molar-refractivity contribution in [3.8, 4) is 17.5 Å². The highest BCUT2D eigenvalue weighted by molar-refractivity contribution is 6.30. The largest absolute Gasteiger partial charge is 0.434 e. The second kappa shape index (κ2) is 6.35. The number of aromatic nitrogens is 3. The van der Waals surface area contributed by atoms with E-state index in [1.807, 2.05) is 6.07 Å². The van der Waals surface area contributed by atoms with Gasteiger partial charge >= 0.3 is 6.18 Å². The molecule has 0 aliphatic heterocycles. The lowest BCUT2D eigenvalue weighted by Crippen LogP contribution is -2.24. The number of imidazole rings is 1. The number of benzene rings is 1. The van der Waals surface area contributed by atoms with Gasteiger partial charge in [0, 0.05) is 25.0 Å². The predicted molar refractivity (Wildman–Crippen MR) is 97.6 cm³/mol. The zero-order valence-electron chi connectivity index (χ0n) is 14.8. The number of nitriles is 1. The first-order valence-corrected chi connectivity index (χ1v) is 8.86. The molecule has 1 unspecified atom stereocenters.